The molecule has 2 N–H and O–H groups in total. The van der Waals surface area contributed by atoms with Crippen LogP contribution in [0.25, 0.3) is 11.0 Å². The van der Waals surface area contributed by atoms with Crippen molar-refractivity contribution in [2.45, 2.75) is 38.1 Å². The van der Waals surface area contributed by atoms with Crippen molar-refractivity contribution in [3.8, 4) is 0 Å². The second kappa shape index (κ2) is 5.79. The molecular formula is C16H19N3O3. The average Bonchev–Trinajstić information content (AvgIpc) is 2.55. The molecule has 1 aliphatic carbocycles. The minimum absolute atomic E-state index is 0.0548. The van der Waals surface area contributed by atoms with Gasteiger partial charge in [-0.05, 0) is 31.0 Å². The monoisotopic (exact) mass is 301 g/mol. The molecule has 1 amide bonds. The van der Waals surface area contributed by atoms with E-state index in [0.717, 1.165) is 25.7 Å². The van der Waals surface area contributed by atoms with Crippen LogP contribution in [0, 0.1) is 0 Å². The highest BCUT2D eigenvalue weighted by Gasteiger charge is 2.23. The van der Waals surface area contributed by atoms with E-state index in [2.05, 4.69) is 9.97 Å². The van der Waals surface area contributed by atoms with Gasteiger partial charge in [0, 0.05) is 18.7 Å². The summed E-state index contributed by atoms with van der Waals surface area (Å²) in [6.07, 6.45) is 5.65. The Balaban J connectivity index is 1.91. The first-order chi connectivity index (χ1) is 10.6. The summed E-state index contributed by atoms with van der Waals surface area (Å²) in [5.74, 6) is -0.0548. The third-order valence-corrected chi connectivity index (χ3v) is 4.41. The first-order valence-electron chi connectivity index (χ1n) is 7.60. The van der Waals surface area contributed by atoms with E-state index in [1.807, 2.05) is 7.05 Å². The Bertz CT molecular complexity index is 815. The molecule has 6 heteroatoms. The average molecular weight is 301 g/mol. The molecule has 1 aliphatic rings. The second-order valence-electron chi connectivity index (χ2n) is 5.88. The quantitative estimate of drug-likeness (QED) is 0.826. The third-order valence-electron chi connectivity index (χ3n) is 4.41. The first kappa shape index (κ1) is 14.6. The molecule has 0 unspecified atom stereocenters. The maximum atomic E-state index is 12.6. The van der Waals surface area contributed by atoms with Crippen LogP contribution in [-0.4, -0.2) is 33.9 Å². The van der Waals surface area contributed by atoms with E-state index >= 15 is 0 Å². The van der Waals surface area contributed by atoms with Crippen molar-refractivity contribution in [2.24, 2.45) is 0 Å². The highest BCUT2D eigenvalue weighted by atomic mass is 16.2. The molecule has 0 saturated heterocycles. The van der Waals surface area contributed by atoms with Crippen molar-refractivity contribution >= 4 is 16.9 Å². The molecule has 1 saturated carbocycles. The highest BCUT2D eigenvalue weighted by Crippen LogP contribution is 2.23. The summed E-state index contributed by atoms with van der Waals surface area (Å²) in [5, 5.41) is 0. The van der Waals surface area contributed by atoms with E-state index in [4.69, 9.17) is 0 Å². The lowest BCUT2D eigenvalue weighted by atomic mass is 9.94. The number of fused-ring (bicyclic) bond motifs is 1. The number of hydrogen-bond donors (Lipinski definition) is 2. The van der Waals surface area contributed by atoms with E-state index in [9.17, 15) is 14.4 Å². The molecule has 0 bridgehead atoms. The lowest BCUT2D eigenvalue weighted by molar-refractivity contribution is 0.0696. The zero-order valence-electron chi connectivity index (χ0n) is 12.5. The van der Waals surface area contributed by atoms with E-state index in [1.54, 1.807) is 23.1 Å². The van der Waals surface area contributed by atoms with Crippen LogP contribution in [0.5, 0.6) is 0 Å². The first-order valence-corrected chi connectivity index (χ1v) is 7.60. The van der Waals surface area contributed by atoms with Gasteiger partial charge in [-0.25, -0.2) is 0 Å². The van der Waals surface area contributed by atoms with Gasteiger partial charge in [0.15, 0.2) is 0 Å². The van der Waals surface area contributed by atoms with E-state index in [-0.39, 0.29) is 11.9 Å². The Morgan fingerprint density at radius 1 is 1.05 bits per heavy atom. The molecule has 0 spiro atoms. The minimum Gasteiger partial charge on any atom is -0.339 e. The number of carbonyl (C=O) groups excluding carboxylic acids is 1. The zero-order valence-corrected chi connectivity index (χ0v) is 12.5. The Kier molecular flexibility index (Phi) is 3.83. The van der Waals surface area contributed by atoms with Gasteiger partial charge in [-0.15, -0.1) is 0 Å². The number of aromatic nitrogens is 2. The molecule has 1 aromatic carbocycles. The van der Waals surface area contributed by atoms with Crippen LogP contribution >= 0.6 is 0 Å². The number of benzene rings is 1. The van der Waals surface area contributed by atoms with Crippen LogP contribution in [0.1, 0.15) is 42.5 Å². The number of H-pyrrole nitrogens is 2. The van der Waals surface area contributed by atoms with Crippen LogP contribution in [0.4, 0.5) is 0 Å². The summed E-state index contributed by atoms with van der Waals surface area (Å²) in [6, 6.07) is 5.23. The van der Waals surface area contributed by atoms with Gasteiger partial charge in [0.05, 0.1) is 11.0 Å². The van der Waals surface area contributed by atoms with Gasteiger partial charge < -0.3 is 14.9 Å². The fraction of sp³-hybridized carbons (Fsp3) is 0.438. The molecule has 116 valence electrons. The lowest BCUT2D eigenvalue weighted by Gasteiger charge is -2.31. The Morgan fingerprint density at radius 2 is 1.68 bits per heavy atom. The van der Waals surface area contributed by atoms with Gasteiger partial charge in [0.1, 0.15) is 0 Å². The van der Waals surface area contributed by atoms with Crippen molar-refractivity contribution < 1.29 is 4.79 Å². The molecule has 0 atom stereocenters. The maximum Gasteiger partial charge on any atom is 0.314 e. The Labute approximate surface area is 127 Å². The highest BCUT2D eigenvalue weighted by molar-refractivity contribution is 5.97. The SMILES string of the molecule is CN(C(=O)c1ccc2[nH]c(=O)c(=O)[nH]c2c1)C1CCCCC1. The van der Waals surface area contributed by atoms with Crippen molar-refractivity contribution in [3.05, 3.63) is 44.5 Å². The van der Waals surface area contributed by atoms with Crippen LogP contribution in [-0.2, 0) is 0 Å². The normalized spacial score (nSPS) is 15.9. The summed E-state index contributed by atoms with van der Waals surface area (Å²) in [7, 11) is 1.83. The number of hydrogen-bond acceptors (Lipinski definition) is 3. The molecule has 1 aromatic heterocycles. The lowest BCUT2D eigenvalue weighted by Crippen LogP contribution is -2.38. The number of nitrogens with zero attached hydrogens (tertiary/aromatic N) is 1. The van der Waals surface area contributed by atoms with Crippen LogP contribution in [0.2, 0.25) is 0 Å². The van der Waals surface area contributed by atoms with Crippen molar-refractivity contribution in [1.82, 2.24) is 14.9 Å². The minimum atomic E-state index is -0.710. The molecule has 0 aliphatic heterocycles. The van der Waals surface area contributed by atoms with Crippen LogP contribution in [0.3, 0.4) is 0 Å². The van der Waals surface area contributed by atoms with Gasteiger partial charge in [-0.3, -0.25) is 14.4 Å². The Morgan fingerprint density at radius 3 is 2.36 bits per heavy atom. The summed E-state index contributed by atoms with van der Waals surface area (Å²) in [6.45, 7) is 0. The molecule has 2 aromatic rings. The number of nitrogens with one attached hydrogen (secondary N) is 2. The Hall–Kier alpha value is -2.37. The van der Waals surface area contributed by atoms with E-state index in [1.165, 1.54) is 6.42 Å². The molecule has 1 fully saturated rings. The van der Waals surface area contributed by atoms with Gasteiger partial charge in [0.2, 0.25) is 0 Å². The van der Waals surface area contributed by atoms with Crippen molar-refractivity contribution in [2.75, 3.05) is 7.05 Å². The molecule has 22 heavy (non-hydrogen) atoms. The largest absolute Gasteiger partial charge is 0.339 e. The van der Waals surface area contributed by atoms with Gasteiger partial charge >= 0.3 is 11.1 Å². The van der Waals surface area contributed by atoms with Crippen molar-refractivity contribution in [3.63, 3.8) is 0 Å². The smallest absolute Gasteiger partial charge is 0.314 e. The molecule has 1 heterocycles. The zero-order chi connectivity index (χ0) is 15.7. The predicted octanol–water partition coefficient (Wildman–Crippen LogP) is 1.62. The summed E-state index contributed by atoms with van der Waals surface area (Å²) >= 11 is 0. The number of rotatable bonds is 2. The summed E-state index contributed by atoms with van der Waals surface area (Å²) in [4.78, 5) is 42.1. The van der Waals surface area contributed by atoms with Crippen LogP contribution < -0.4 is 11.1 Å². The number of carbonyl (C=O) groups is 1. The molecule has 6 nitrogen and oxygen atoms in total. The number of aromatic amines is 2. The van der Waals surface area contributed by atoms with Crippen LogP contribution in [0.15, 0.2) is 27.8 Å². The topological polar surface area (TPSA) is 86.0 Å². The third kappa shape index (κ3) is 2.68. The fourth-order valence-corrected chi connectivity index (χ4v) is 3.09. The van der Waals surface area contributed by atoms with E-state index < -0.39 is 11.1 Å². The molecule has 3 rings (SSSR count). The summed E-state index contributed by atoms with van der Waals surface area (Å²) < 4.78 is 0. The fourth-order valence-electron chi connectivity index (χ4n) is 3.09. The number of amides is 1. The predicted molar refractivity (Wildman–Crippen MR) is 84.2 cm³/mol. The van der Waals surface area contributed by atoms with Crippen molar-refractivity contribution in [1.29, 1.82) is 0 Å². The van der Waals surface area contributed by atoms with Gasteiger partial charge in [-0.2, -0.15) is 0 Å². The second-order valence-corrected chi connectivity index (χ2v) is 5.88. The summed E-state index contributed by atoms with van der Waals surface area (Å²) in [5.41, 5.74) is 0.0980. The maximum absolute atomic E-state index is 12.6. The molecular weight excluding hydrogens is 282 g/mol. The molecule has 0 radical (unpaired) electrons. The van der Waals surface area contributed by atoms with Gasteiger partial charge in [-0.1, -0.05) is 19.3 Å². The van der Waals surface area contributed by atoms with Gasteiger partial charge in [0.25, 0.3) is 5.91 Å². The van der Waals surface area contributed by atoms with E-state index in [0.29, 0.717) is 16.6 Å². The standard InChI is InChI=1S/C16H19N3O3/c1-19(11-5-3-2-4-6-11)16(22)10-7-8-12-13(9-10)18-15(21)14(20)17-12/h7-9,11H,2-6H2,1H3,(H,17,20)(H,18,21).